The number of benzene rings is 3. The van der Waals surface area contributed by atoms with Crippen molar-refractivity contribution in [2.24, 2.45) is 4.99 Å². The fourth-order valence-electron chi connectivity index (χ4n) is 3.83. The van der Waals surface area contributed by atoms with Gasteiger partial charge in [0.05, 0.1) is 13.7 Å². The summed E-state index contributed by atoms with van der Waals surface area (Å²) in [5.74, 6) is 0.899. The van der Waals surface area contributed by atoms with Gasteiger partial charge in [-0.25, -0.2) is 4.39 Å². The lowest BCUT2D eigenvalue weighted by Crippen LogP contribution is -2.33. The number of hydrogen-bond acceptors (Lipinski definition) is 5. The standard InChI is InChI=1S/C25H25FN2O3/c1-3-31-23-13-7-11-19(24(23)29)22-15-21(16-8-6-9-17(14-16)30-2)27-25(28-22)18-10-4-5-12-20(18)26/h4-14,22,25,28-29H,3,15H2,1-2H3/t22-,25-/m0/s1. The minimum atomic E-state index is -0.601. The van der Waals surface area contributed by atoms with Crippen LogP contribution in [0.25, 0.3) is 0 Å². The Kier molecular flexibility index (Phi) is 6.18. The van der Waals surface area contributed by atoms with Crippen LogP contribution in [-0.2, 0) is 0 Å². The van der Waals surface area contributed by atoms with Crippen molar-refractivity contribution in [1.29, 1.82) is 0 Å². The molecule has 3 aromatic carbocycles. The number of hydrogen-bond donors (Lipinski definition) is 2. The van der Waals surface area contributed by atoms with Gasteiger partial charge in [-0.15, -0.1) is 0 Å². The molecule has 1 aliphatic heterocycles. The van der Waals surface area contributed by atoms with Crippen LogP contribution in [0, 0.1) is 5.82 Å². The summed E-state index contributed by atoms with van der Waals surface area (Å²) in [4.78, 5) is 4.82. The molecule has 4 rings (SSSR count). The van der Waals surface area contributed by atoms with Gasteiger partial charge in [0, 0.05) is 29.3 Å². The summed E-state index contributed by atoms with van der Waals surface area (Å²) in [7, 11) is 1.62. The highest BCUT2D eigenvalue weighted by atomic mass is 19.1. The smallest absolute Gasteiger partial charge is 0.162 e. The zero-order valence-electron chi connectivity index (χ0n) is 17.5. The summed E-state index contributed by atoms with van der Waals surface area (Å²) in [5.41, 5.74) is 2.83. The van der Waals surface area contributed by atoms with Crippen molar-refractivity contribution in [2.45, 2.75) is 25.6 Å². The topological polar surface area (TPSA) is 63.1 Å². The molecule has 0 saturated heterocycles. The number of phenols is 1. The summed E-state index contributed by atoms with van der Waals surface area (Å²) in [6, 6.07) is 19.4. The molecular weight excluding hydrogens is 395 g/mol. The highest BCUT2D eigenvalue weighted by molar-refractivity contribution is 6.02. The van der Waals surface area contributed by atoms with E-state index in [0.717, 1.165) is 17.0 Å². The van der Waals surface area contributed by atoms with Gasteiger partial charge in [0.25, 0.3) is 0 Å². The Morgan fingerprint density at radius 1 is 1.06 bits per heavy atom. The van der Waals surface area contributed by atoms with E-state index < -0.39 is 6.17 Å². The molecule has 5 nitrogen and oxygen atoms in total. The molecule has 0 radical (unpaired) electrons. The lowest BCUT2D eigenvalue weighted by Gasteiger charge is -2.31. The summed E-state index contributed by atoms with van der Waals surface area (Å²) in [6.45, 7) is 2.32. The minimum absolute atomic E-state index is 0.0843. The van der Waals surface area contributed by atoms with Gasteiger partial charge < -0.3 is 14.6 Å². The molecule has 31 heavy (non-hydrogen) atoms. The van der Waals surface area contributed by atoms with Crippen molar-refractivity contribution in [3.05, 3.63) is 89.2 Å². The third-order valence-electron chi connectivity index (χ3n) is 5.35. The predicted molar refractivity (Wildman–Crippen MR) is 118 cm³/mol. The molecule has 6 heteroatoms. The van der Waals surface area contributed by atoms with E-state index >= 15 is 0 Å². The molecule has 0 bridgehead atoms. The SMILES string of the molecule is CCOc1cccc([C@@H]2CC(c3cccc(OC)c3)=N[C@H](c3ccccc3F)N2)c1O. The number of halogens is 1. The van der Waals surface area contributed by atoms with Crippen LogP contribution in [0.1, 0.15) is 42.2 Å². The van der Waals surface area contributed by atoms with Crippen molar-refractivity contribution in [1.82, 2.24) is 5.32 Å². The second-order valence-corrected chi connectivity index (χ2v) is 7.28. The summed E-state index contributed by atoms with van der Waals surface area (Å²) in [6.07, 6.45) is -0.0855. The summed E-state index contributed by atoms with van der Waals surface area (Å²) in [5, 5.41) is 14.2. The lowest BCUT2D eigenvalue weighted by atomic mass is 9.93. The molecule has 0 spiro atoms. The van der Waals surface area contributed by atoms with E-state index in [9.17, 15) is 9.50 Å². The molecular formula is C25H25FN2O3. The maximum atomic E-state index is 14.6. The van der Waals surface area contributed by atoms with Gasteiger partial charge in [-0.1, -0.05) is 42.5 Å². The highest BCUT2D eigenvalue weighted by Crippen LogP contribution is 2.39. The second-order valence-electron chi connectivity index (χ2n) is 7.28. The fraction of sp³-hybridized carbons (Fsp3) is 0.240. The first-order chi connectivity index (χ1) is 15.1. The summed E-state index contributed by atoms with van der Waals surface area (Å²) < 4.78 is 25.5. The summed E-state index contributed by atoms with van der Waals surface area (Å²) >= 11 is 0. The first kappa shape index (κ1) is 20.9. The Morgan fingerprint density at radius 3 is 2.61 bits per heavy atom. The number of aromatic hydroxyl groups is 1. The lowest BCUT2D eigenvalue weighted by molar-refractivity contribution is 0.313. The van der Waals surface area contributed by atoms with Crippen molar-refractivity contribution in [3.63, 3.8) is 0 Å². The van der Waals surface area contributed by atoms with E-state index in [1.165, 1.54) is 6.07 Å². The maximum Gasteiger partial charge on any atom is 0.162 e. The van der Waals surface area contributed by atoms with Crippen molar-refractivity contribution in [2.75, 3.05) is 13.7 Å². The molecule has 0 fully saturated rings. The largest absolute Gasteiger partial charge is 0.504 e. The normalized spacial score (nSPS) is 18.4. The van der Waals surface area contributed by atoms with Gasteiger partial charge in [0.15, 0.2) is 11.5 Å². The van der Waals surface area contributed by atoms with Crippen molar-refractivity contribution >= 4 is 5.71 Å². The first-order valence-corrected chi connectivity index (χ1v) is 10.3. The number of para-hydroxylation sites is 1. The molecule has 0 saturated carbocycles. The molecule has 1 heterocycles. The average Bonchev–Trinajstić information content (AvgIpc) is 2.80. The Morgan fingerprint density at radius 2 is 1.84 bits per heavy atom. The zero-order chi connectivity index (χ0) is 21.8. The highest BCUT2D eigenvalue weighted by Gasteiger charge is 2.29. The fourth-order valence-corrected chi connectivity index (χ4v) is 3.83. The Bertz CT molecular complexity index is 1100. The third kappa shape index (κ3) is 4.39. The predicted octanol–water partition coefficient (Wildman–Crippen LogP) is 5.16. The first-order valence-electron chi connectivity index (χ1n) is 10.3. The number of rotatable bonds is 6. The molecule has 160 valence electrons. The van der Waals surface area contributed by atoms with Crippen LogP contribution in [0.5, 0.6) is 17.2 Å². The van der Waals surface area contributed by atoms with Gasteiger partial charge in [-0.2, -0.15) is 0 Å². The van der Waals surface area contributed by atoms with Crippen LogP contribution in [0.3, 0.4) is 0 Å². The minimum Gasteiger partial charge on any atom is -0.504 e. The molecule has 0 amide bonds. The molecule has 0 unspecified atom stereocenters. The van der Waals surface area contributed by atoms with Gasteiger partial charge in [0.1, 0.15) is 17.7 Å². The van der Waals surface area contributed by atoms with Crippen LogP contribution in [-0.4, -0.2) is 24.5 Å². The van der Waals surface area contributed by atoms with E-state index in [2.05, 4.69) is 5.32 Å². The second kappa shape index (κ2) is 9.18. The molecule has 2 atom stereocenters. The number of nitrogens with zero attached hydrogens (tertiary/aromatic N) is 1. The number of aliphatic imine (C=N–C) groups is 1. The maximum absolute atomic E-state index is 14.6. The van der Waals surface area contributed by atoms with Gasteiger partial charge in [-0.3, -0.25) is 10.3 Å². The number of phenolic OH excluding ortho intramolecular Hbond substituents is 1. The monoisotopic (exact) mass is 420 g/mol. The van der Waals surface area contributed by atoms with Gasteiger partial charge >= 0.3 is 0 Å². The Labute approximate surface area is 181 Å². The van der Waals surface area contributed by atoms with Gasteiger partial charge in [0.2, 0.25) is 0 Å². The van der Waals surface area contributed by atoms with Crippen LogP contribution in [0.2, 0.25) is 0 Å². The molecule has 0 aromatic heterocycles. The van der Waals surface area contributed by atoms with E-state index in [1.807, 2.05) is 43.3 Å². The number of ether oxygens (including phenoxy) is 2. The van der Waals surface area contributed by atoms with Crippen LogP contribution in [0.4, 0.5) is 4.39 Å². The molecule has 1 aliphatic rings. The van der Waals surface area contributed by atoms with E-state index in [-0.39, 0.29) is 17.6 Å². The quantitative estimate of drug-likeness (QED) is 0.578. The van der Waals surface area contributed by atoms with E-state index in [1.54, 1.807) is 31.4 Å². The Balaban J connectivity index is 1.78. The Hall–Kier alpha value is -3.38. The molecule has 2 N–H and O–H groups in total. The van der Waals surface area contributed by atoms with Crippen LogP contribution < -0.4 is 14.8 Å². The van der Waals surface area contributed by atoms with Crippen molar-refractivity contribution in [3.8, 4) is 17.2 Å². The van der Waals surface area contributed by atoms with Crippen molar-refractivity contribution < 1.29 is 19.0 Å². The van der Waals surface area contributed by atoms with E-state index in [0.29, 0.717) is 29.9 Å². The van der Waals surface area contributed by atoms with E-state index in [4.69, 9.17) is 14.5 Å². The molecule has 0 aliphatic carbocycles. The average molecular weight is 420 g/mol. The van der Waals surface area contributed by atoms with Crippen LogP contribution in [0.15, 0.2) is 71.7 Å². The number of methoxy groups -OCH3 is 1. The number of nitrogens with one attached hydrogen (secondary N) is 1. The molecule has 3 aromatic rings. The van der Waals surface area contributed by atoms with Crippen LogP contribution >= 0.6 is 0 Å². The zero-order valence-corrected chi connectivity index (χ0v) is 17.5. The third-order valence-corrected chi connectivity index (χ3v) is 5.35. The van der Waals surface area contributed by atoms with Gasteiger partial charge in [-0.05, 0) is 36.8 Å².